The molecule has 0 saturated heterocycles. The number of hydrazone groups is 1. The van der Waals surface area contributed by atoms with Crippen LogP contribution in [0.2, 0.25) is 0 Å². The maximum absolute atomic E-state index is 11.6. The summed E-state index contributed by atoms with van der Waals surface area (Å²) in [4.78, 5) is 23.2. The first-order valence-corrected chi connectivity index (χ1v) is 6.97. The van der Waals surface area contributed by atoms with Gasteiger partial charge in [-0.3, -0.25) is 9.59 Å². The van der Waals surface area contributed by atoms with Gasteiger partial charge in [0, 0.05) is 6.04 Å². The van der Waals surface area contributed by atoms with E-state index in [0.29, 0.717) is 5.75 Å². The minimum atomic E-state index is -0.749. The van der Waals surface area contributed by atoms with Crippen molar-refractivity contribution in [2.75, 3.05) is 7.11 Å². The number of rotatable bonds is 4. The summed E-state index contributed by atoms with van der Waals surface area (Å²) in [5.41, 5.74) is 2.99. The van der Waals surface area contributed by atoms with E-state index in [1.54, 1.807) is 13.2 Å². The zero-order valence-electron chi connectivity index (χ0n) is 12.0. The number of ether oxygens (including phenoxy) is 1. The summed E-state index contributed by atoms with van der Waals surface area (Å²) in [7, 11) is 1.57. The second-order valence-corrected chi connectivity index (χ2v) is 4.93. The molecule has 1 aromatic carbocycles. The highest BCUT2D eigenvalue weighted by atomic mass is 16.5. The number of carbonyl (C=O) groups is 2. The van der Waals surface area contributed by atoms with Crippen LogP contribution in [0.15, 0.2) is 29.4 Å². The molecule has 0 atom stereocenters. The van der Waals surface area contributed by atoms with Crippen molar-refractivity contribution in [3.63, 3.8) is 0 Å². The van der Waals surface area contributed by atoms with E-state index in [1.807, 2.05) is 18.2 Å². The molecule has 1 fully saturated rings. The van der Waals surface area contributed by atoms with Crippen LogP contribution in [-0.4, -0.2) is 31.2 Å². The van der Waals surface area contributed by atoms with Gasteiger partial charge in [0.2, 0.25) is 0 Å². The highest BCUT2D eigenvalue weighted by molar-refractivity contribution is 6.35. The van der Waals surface area contributed by atoms with Crippen LogP contribution in [0.1, 0.15) is 31.2 Å². The summed E-state index contributed by atoms with van der Waals surface area (Å²) in [5.74, 6) is -0.685. The van der Waals surface area contributed by atoms with Gasteiger partial charge in [-0.1, -0.05) is 25.0 Å². The van der Waals surface area contributed by atoms with Crippen molar-refractivity contribution in [2.45, 2.75) is 31.7 Å². The van der Waals surface area contributed by atoms with Gasteiger partial charge in [0.1, 0.15) is 5.75 Å². The van der Waals surface area contributed by atoms with E-state index >= 15 is 0 Å². The minimum absolute atomic E-state index is 0.116. The second-order valence-electron chi connectivity index (χ2n) is 4.93. The topological polar surface area (TPSA) is 79.8 Å². The zero-order valence-corrected chi connectivity index (χ0v) is 12.0. The van der Waals surface area contributed by atoms with E-state index < -0.39 is 11.8 Å². The van der Waals surface area contributed by atoms with Crippen molar-refractivity contribution < 1.29 is 14.3 Å². The normalized spacial score (nSPS) is 15.1. The first-order chi connectivity index (χ1) is 10.2. The molecule has 1 aliphatic carbocycles. The minimum Gasteiger partial charge on any atom is -0.497 e. The van der Waals surface area contributed by atoms with E-state index in [1.165, 1.54) is 6.21 Å². The molecule has 2 rings (SSSR count). The molecule has 112 valence electrons. The van der Waals surface area contributed by atoms with Crippen LogP contribution >= 0.6 is 0 Å². The maximum atomic E-state index is 11.6. The van der Waals surface area contributed by atoms with Gasteiger partial charge in [0.15, 0.2) is 0 Å². The first kappa shape index (κ1) is 15.0. The number of carbonyl (C=O) groups excluding carboxylic acids is 2. The van der Waals surface area contributed by atoms with E-state index in [-0.39, 0.29) is 6.04 Å². The molecule has 0 spiro atoms. The Labute approximate surface area is 123 Å². The van der Waals surface area contributed by atoms with Gasteiger partial charge in [-0.05, 0) is 30.5 Å². The van der Waals surface area contributed by atoms with Crippen LogP contribution < -0.4 is 15.5 Å². The molecule has 6 nitrogen and oxygen atoms in total. The molecule has 1 aliphatic rings. The van der Waals surface area contributed by atoms with Crippen molar-refractivity contribution in [2.24, 2.45) is 5.10 Å². The van der Waals surface area contributed by atoms with Crippen molar-refractivity contribution in [3.05, 3.63) is 29.8 Å². The van der Waals surface area contributed by atoms with E-state index in [4.69, 9.17) is 4.74 Å². The van der Waals surface area contributed by atoms with Crippen molar-refractivity contribution in [3.8, 4) is 5.75 Å². The van der Waals surface area contributed by atoms with Crippen LogP contribution in [0.3, 0.4) is 0 Å². The fourth-order valence-electron chi connectivity index (χ4n) is 2.26. The Bertz CT molecular complexity index is 537. The maximum Gasteiger partial charge on any atom is 0.329 e. The lowest BCUT2D eigenvalue weighted by Crippen LogP contribution is -2.42. The quantitative estimate of drug-likeness (QED) is 0.496. The zero-order chi connectivity index (χ0) is 15.1. The number of methoxy groups -OCH3 is 1. The fraction of sp³-hybridized carbons (Fsp3) is 0.400. The Balaban J connectivity index is 1.81. The Morgan fingerprint density at radius 2 is 2.05 bits per heavy atom. The SMILES string of the molecule is COc1cccc(/C=N\NC(=O)C(=O)NC2CCCC2)c1. The molecule has 2 amide bonds. The van der Waals surface area contributed by atoms with Crippen molar-refractivity contribution >= 4 is 18.0 Å². The van der Waals surface area contributed by atoms with Crippen LogP contribution in [0.4, 0.5) is 0 Å². The number of benzene rings is 1. The van der Waals surface area contributed by atoms with Gasteiger partial charge >= 0.3 is 11.8 Å². The van der Waals surface area contributed by atoms with Gasteiger partial charge in [0.05, 0.1) is 13.3 Å². The number of nitrogens with zero attached hydrogens (tertiary/aromatic N) is 1. The second kappa shape index (κ2) is 7.42. The molecule has 0 radical (unpaired) electrons. The first-order valence-electron chi connectivity index (χ1n) is 6.97. The Morgan fingerprint density at radius 1 is 1.29 bits per heavy atom. The predicted octanol–water partition coefficient (Wildman–Crippen LogP) is 1.20. The molecule has 2 N–H and O–H groups in total. The lowest BCUT2D eigenvalue weighted by Gasteiger charge is -2.10. The molecule has 1 saturated carbocycles. The van der Waals surface area contributed by atoms with Crippen LogP contribution in [0.25, 0.3) is 0 Å². The summed E-state index contributed by atoms with van der Waals surface area (Å²) in [6, 6.07) is 7.33. The number of hydrogen-bond acceptors (Lipinski definition) is 4. The average Bonchev–Trinajstić information content (AvgIpc) is 3.00. The number of hydrogen-bond donors (Lipinski definition) is 2. The molecule has 0 aromatic heterocycles. The Kier molecular flexibility index (Phi) is 5.31. The molecule has 6 heteroatoms. The summed E-state index contributed by atoms with van der Waals surface area (Å²) in [6.45, 7) is 0. The van der Waals surface area contributed by atoms with Crippen LogP contribution in [-0.2, 0) is 9.59 Å². The summed E-state index contributed by atoms with van der Waals surface area (Å²) >= 11 is 0. The Hall–Kier alpha value is -2.37. The molecule has 21 heavy (non-hydrogen) atoms. The average molecular weight is 289 g/mol. The van der Waals surface area contributed by atoms with E-state index in [0.717, 1.165) is 31.2 Å². The van der Waals surface area contributed by atoms with Gasteiger partial charge in [-0.2, -0.15) is 5.10 Å². The highest BCUT2D eigenvalue weighted by Crippen LogP contribution is 2.17. The monoisotopic (exact) mass is 289 g/mol. The van der Waals surface area contributed by atoms with Gasteiger partial charge < -0.3 is 10.1 Å². The molecule has 0 bridgehead atoms. The van der Waals surface area contributed by atoms with Crippen LogP contribution in [0, 0.1) is 0 Å². The Morgan fingerprint density at radius 3 is 2.76 bits per heavy atom. The smallest absolute Gasteiger partial charge is 0.329 e. The highest BCUT2D eigenvalue weighted by Gasteiger charge is 2.20. The number of amides is 2. The van der Waals surface area contributed by atoms with Gasteiger partial charge in [0.25, 0.3) is 0 Å². The van der Waals surface area contributed by atoms with E-state index in [9.17, 15) is 9.59 Å². The fourth-order valence-corrected chi connectivity index (χ4v) is 2.26. The lowest BCUT2D eigenvalue weighted by atomic mass is 10.2. The van der Waals surface area contributed by atoms with Crippen molar-refractivity contribution in [1.82, 2.24) is 10.7 Å². The summed E-state index contributed by atoms with van der Waals surface area (Å²) < 4.78 is 5.08. The molecule has 1 aromatic rings. The largest absolute Gasteiger partial charge is 0.497 e. The summed E-state index contributed by atoms with van der Waals surface area (Å²) in [5, 5.41) is 6.47. The third-order valence-corrected chi connectivity index (χ3v) is 3.37. The lowest BCUT2D eigenvalue weighted by molar-refractivity contribution is -0.139. The van der Waals surface area contributed by atoms with E-state index in [2.05, 4.69) is 15.8 Å². The third-order valence-electron chi connectivity index (χ3n) is 3.37. The van der Waals surface area contributed by atoms with Gasteiger partial charge in [-0.15, -0.1) is 0 Å². The summed E-state index contributed by atoms with van der Waals surface area (Å²) in [6.07, 6.45) is 5.53. The van der Waals surface area contributed by atoms with Gasteiger partial charge in [-0.25, -0.2) is 5.43 Å². The molecule has 0 aliphatic heterocycles. The molecule has 0 unspecified atom stereocenters. The molecular formula is C15H19N3O3. The predicted molar refractivity (Wildman–Crippen MR) is 79.1 cm³/mol. The third kappa shape index (κ3) is 4.59. The standard InChI is InChI=1S/C15H19N3O3/c1-21-13-8-4-5-11(9-13)10-16-18-15(20)14(19)17-12-6-2-3-7-12/h4-5,8-10,12H,2-3,6-7H2,1H3,(H,17,19)(H,18,20)/b16-10-. The van der Waals surface area contributed by atoms with Crippen molar-refractivity contribution in [1.29, 1.82) is 0 Å². The molecule has 0 heterocycles. The number of nitrogens with one attached hydrogen (secondary N) is 2. The van der Waals surface area contributed by atoms with Crippen LogP contribution in [0.5, 0.6) is 5.75 Å². The molecular weight excluding hydrogens is 270 g/mol.